The summed E-state index contributed by atoms with van der Waals surface area (Å²) in [4.78, 5) is 18.7. The van der Waals surface area contributed by atoms with Crippen LogP contribution in [0.4, 0.5) is 5.69 Å². The molecule has 1 amide bonds. The van der Waals surface area contributed by atoms with Gasteiger partial charge in [0.15, 0.2) is 5.96 Å². The van der Waals surface area contributed by atoms with Gasteiger partial charge in [0.05, 0.1) is 19.8 Å². The van der Waals surface area contributed by atoms with Crippen LogP contribution in [-0.2, 0) is 22.6 Å². The summed E-state index contributed by atoms with van der Waals surface area (Å²) >= 11 is 0. The second-order valence-electron chi connectivity index (χ2n) is 7.34. The molecule has 1 unspecified atom stereocenters. The predicted molar refractivity (Wildman–Crippen MR) is 133 cm³/mol. The molecule has 0 saturated heterocycles. The number of carbonyl (C=O) groups excluding carboxylic acids is 1. The molecule has 2 N–H and O–H groups in total. The number of hydrogen-bond acceptors (Lipinski definition) is 3. The molecule has 0 aromatic heterocycles. The monoisotopic (exact) mass is 522 g/mol. The van der Waals surface area contributed by atoms with Gasteiger partial charge < -0.3 is 20.3 Å². The van der Waals surface area contributed by atoms with E-state index in [0.717, 1.165) is 25.2 Å². The van der Waals surface area contributed by atoms with Gasteiger partial charge in [0.1, 0.15) is 0 Å². The zero-order valence-electron chi connectivity index (χ0n) is 17.6. The molecule has 2 aromatic carbocycles. The lowest BCUT2D eigenvalue weighted by atomic mass is 10.2. The highest BCUT2D eigenvalue weighted by Gasteiger charge is 2.23. The molecule has 1 aliphatic heterocycles. The summed E-state index contributed by atoms with van der Waals surface area (Å²) in [5.74, 6) is 0.997. The first kappa shape index (κ1) is 24.1. The van der Waals surface area contributed by atoms with Crippen LogP contribution in [0, 0.1) is 5.92 Å². The highest BCUT2D eigenvalue weighted by atomic mass is 127. The maximum absolute atomic E-state index is 12.6. The van der Waals surface area contributed by atoms with Crippen LogP contribution in [0.25, 0.3) is 0 Å². The number of carbonyl (C=O) groups is 1. The summed E-state index contributed by atoms with van der Waals surface area (Å²) in [5, 5.41) is 6.39. The second-order valence-corrected chi connectivity index (χ2v) is 7.34. The van der Waals surface area contributed by atoms with Crippen LogP contribution in [0.1, 0.15) is 18.1 Å². The zero-order valence-corrected chi connectivity index (χ0v) is 20.0. The number of halogens is 1. The number of ether oxygens (including phenoxy) is 1. The summed E-state index contributed by atoms with van der Waals surface area (Å²) in [6, 6.07) is 18.2. The number of hydrogen-bond donors (Lipinski definition) is 2. The first-order valence-corrected chi connectivity index (χ1v) is 10.1. The molecule has 30 heavy (non-hydrogen) atoms. The molecular weight excluding hydrogens is 491 g/mol. The number of fused-ring (bicyclic) bond motifs is 1. The Morgan fingerprint density at radius 1 is 1.13 bits per heavy atom. The third-order valence-electron chi connectivity index (χ3n) is 4.95. The van der Waals surface area contributed by atoms with Crippen molar-refractivity contribution in [1.82, 2.24) is 10.6 Å². The van der Waals surface area contributed by atoms with Gasteiger partial charge in [0.2, 0.25) is 5.91 Å². The maximum atomic E-state index is 12.6. The molecule has 1 heterocycles. The van der Waals surface area contributed by atoms with Crippen molar-refractivity contribution in [3.05, 3.63) is 65.7 Å². The Hall–Kier alpha value is -2.13. The molecule has 2 aromatic rings. The SMILES string of the molecule is CN=C(NCC(=O)N1CCc2ccccc21)NCC(C)COCc1ccccc1.I. The van der Waals surface area contributed by atoms with Gasteiger partial charge in [0.25, 0.3) is 0 Å². The van der Waals surface area contributed by atoms with E-state index in [2.05, 4.69) is 40.7 Å². The number of nitrogens with zero attached hydrogens (tertiary/aromatic N) is 2. The Kier molecular flexibility index (Phi) is 10.1. The van der Waals surface area contributed by atoms with Crippen LogP contribution >= 0.6 is 24.0 Å². The molecule has 0 spiro atoms. The van der Waals surface area contributed by atoms with Crippen molar-refractivity contribution >= 4 is 41.5 Å². The zero-order chi connectivity index (χ0) is 20.5. The van der Waals surface area contributed by atoms with Crippen molar-refractivity contribution in [1.29, 1.82) is 0 Å². The number of rotatable bonds is 8. The molecule has 0 fully saturated rings. The minimum absolute atomic E-state index is 0. The molecule has 0 radical (unpaired) electrons. The Morgan fingerprint density at radius 3 is 2.63 bits per heavy atom. The quantitative estimate of drug-likeness (QED) is 0.318. The second kappa shape index (κ2) is 12.5. The lowest BCUT2D eigenvalue weighted by molar-refractivity contribution is -0.117. The van der Waals surface area contributed by atoms with E-state index in [1.807, 2.05) is 41.3 Å². The van der Waals surface area contributed by atoms with Gasteiger partial charge in [-0.05, 0) is 29.5 Å². The van der Waals surface area contributed by atoms with Crippen LogP contribution in [-0.4, -0.2) is 45.2 Å². The van der Waals surface area contributed by atoms with Crippen LogP contribution in [0.15, 0.2) is 59.6 Å². The normalized spacial score (nSPS) is 13.9. The molecule has 0 bridgehead atoms. The van der Waals surface area contributed by atoms with Crippen LogP contribution in [0.2, 0.25) is 0 Å². The lowest BCUT2D eigenvalue weighted by Gasteiger charge is -2.19. The largest absolute Gasteiger partial charge is 0.376 e. The van der Waals surface area contributed by atoms with E-state index in [1.54, 1.807) is 7.05 Å². The fourth-order valence-corrected chi connectivity index (χ4v) is 3.35. The first-order chi connectivity index (χ1) is 14.2. The third kappa shape index (κ3) is 6.98. The summed E-state index contributed by atoms with van der Waals surface area (Å²) in [7, 11) is 1.71. The molecule has 6 nitrogen and oxygen atoms in total. The standard InChI is InChI=1S/C23H30N4O2.HI/c1-18(16-29-17-19-8-4-3-5-9-19)14-25-23(24-2)26-15-22(28)27-13-12-20-10-6-7-11-21(20)27;/h3-11,18H,12-17H2,1-2H3,(H2,24,25,26);1H. The van der Waals surface area contributed by atoms with Gasteiger partial charge in [0, 0.05) is 25.8 Å². The lowest BCUT2D eigenvalue weighted by Crippen LogP contribution is -2.45. The van der Waals surface area contributed by atoms with E-state index >= 15 is 0 Å². The number of benzene rings is 2. The van der Waals surface area contributed by atoms with E-state index in [0.29, 0.717) is 25.1 Å². The van der Waals surface area contributed by atoms with Crippen molar-refractivity contribution in [3.8, 4) is 0 Å². The van der Waals surface area contributed by atoms with Gasteiger partial charge in [-0.25, -0.2) is 0 Å². The number of nitrogens with one attached hydrogen (secondary N) is 2. The maximum Gasteiger partial charge on any atom is 0.246 e. The number of aliphatic imine (C=N–C) groups is 1. The summed E-state index contributed by atoms with van der Waals surface area (Å²) < 4.78 is 5.79. The average Bonchev–Trinajstić information content (AvgIpc) is 3.19. The number of guanidine groups is 1. The third-order valence-corrected chi connectivity index (χ3v) is 4.95. The van der Waals surface area contributed by atoms with Gasteiger partial charge >= 0.3 is 0 Å². The summed E-state index contributed by atoms with van der Waals surface area (Å²) in [6.45, 7) is 5.06. The average molecular weight is 522 g/mol. The number of anilines is 1. The smallest absolute Gasteiger partial charge is 0.246 e. The predicted octanol–water partition coefficient (Wildman–Crippen LogP) is 3.21. The summed E-state index contributed by atoms with van der Waals surface area (Å²) in [6.07, 6.45) is 0.912. The van der Waals surface area contributed by atoms with Crippen molar-refractivity contribution < 1.29 is 9.53 Å². The van der Waals surface area contributed by atoms with Crippen LogP contribution in [0.3, 0.4) is 0 Å². The molecule has 7 heteroatoms. The van der Waals surface area contributed by atoms with Gasteiger partial charge in [-0.1, -0.05) is 55.5 Å². The minimum Gasteiger partial charge on any atom is -0.376 e. The van der Waals surface area contributed by atoms with E-state index in [4.69, 9.17) is 4.74 Å². The highest BCUT2D eigenvalue weighted by Crippen LogP contribution is 2.27. The Morgan fingerprint density at radius 2 is 1.87 bits per heavy atom. The molecule has 0 saturated carbocycles. The molecular formula is C23H31IN4O2. The van der Waals surface area contributed by atoms with Gasteiger partial charge in [-0.2, -0.15) is 0 Å². The van der Waals surface area contributed by atoms with Crippen molar-refractivity contribution in [3.63, 3.8) is 0 Å². The minimum atomic E-state index is 0. The molecule has 1 atom stereocenters. The number of amides is 1. The highest BCUT2D eigenvalue weighted by molar-refractivity contribution is 14.0. The fourth-order valence-electron chi connectivity index (χ4n) is 3.35. The van der Waals surface area contributed by atoms with Crippen LogP contribution < -0.4 is 15.5 Å². The van der Waals surface area contributed by atoms with E-state index < -0.39 is 0 Å². The number of para-hydroxylation sites is 1. The summed E-state index contributed by atoms with van der Waals surface area (Å²) in [5.41, 5.74) is 3.42. The van der Waals surface area contributed by atoms with Crippen LogP contribution in [0.5, 0.6) is 0 Å². The first-order valence-electron chi connectivity index (χ1n) is 10.1. The Balaban J connectivity index is 0.00000320. The molecule has 1 aliphatic rings. The van der Waals surface area contributed by atoms with E-state index in [1.165, 1.54) is 11.1 Å². The topological polar surface area (TPSA) is 66.0 Å². The molecule has 162 valence electrons. The van der Waals surface area contributed by atoms with Crippen molar-refractivity contribution in [2.45, 2.75) is 20.0 Å². The Bertz CT molecular complexity index is 829. The van der Waals surface area contributed by atoms with Gasteiger partial charge in [-0.15, -0.1) is 24.0 Å². The van der Waals surface area contributed by atoms with Crippen molar-refractivity contribution in [2.75, 3.05) is 38.2 Å². The fraction of sp³-hybridized carbons (Fsp3) is 0.391. The molecule has 0 aliphatic carbocycles. The van der Waals surface area contributed by atoms with E-state index in [9.17, 15) is 4.79 Å². The van der Waals surface area contributed by atoms with E-state index in [-0.39, 0.29) is 36.4 Å². The Labute approximate surface area is 196 Å². The van der Waals surface area contributed by atoms with Gasteiger partial charge in [-0.3, -0.25) is 9.79 Å². The molecule has 3 rings (SSSR count). The van der Waals surface area contributed by atoms with Crippen molar-refractivity contribution in [2.24, 2.45) is 10.9 Å².